The van der Waals surface area contributed by atoms with E-state index in [1.54, 1.807) is 0 Å². The average Bonchev–Trinajstić information content (AvgIpc) is 2.97. The van der Waals surface area contributed by atoms with E-state index in [4.69, 9.17) is 5.73 Å². The first-order valence-electron chi connectivity index (χ1n) is 7.64. The Kier molecular flexibility index (Phi) is 5.66. The van der Waals surface area contributed by atoms with Crippen molar-refractivity contribution < 1.29 is 4.79 Å². The molecule has 2 rings (SSSR count). The molecule has 0 aliphatic heterocycles. The van der Waals surface area contributed by atoms with Crippen molar-refractivity contribution in [1.82, 2.24) is 15.2 Å². The van der Waals surface area contributed by atoms with Gasteiger partial charge in [0.2, 0.25) is 5.91 Å². The fourth-order valence-corrected chi connectivity index (χ4v) is 2.34. The lowest BCUT2D eigenvalue weighted by Gasteiger charge is -2.10. The zero-order valence-corrected chi connectivity index (χ0v) is 13.1. The van der Waals surface area contributed by atoms with Gasteiger partial charge < -0.3 is 11.1 Å². The van der Waals surface area contributed by atoms with Gasteiger partial charge in [0.15, 0.2) is 5.82 Å². The van der Waals surface area contributed by atoms with Gasteiger partial charge in [-0.3, -0.25) is 9.89 Å². The SMILES string of the molecule is CCCC(C)CC(=O)Nc1ccc(-c2n[nH]c(CN)n2)cc1. The number of aromatic nitrogens is 3. The zero-order valence-electron chi connectivity index (χ0n) is 13.1. The number of benzene rings is 1. The van der Waals surface area contributed by atoms with Crippen LogP contribution in [0.3, 0.4) is 0 Å². The van der Waals surface area contributed by atoms with E-state index in [1.165, 1.54) is 0 Å². The summed E-state index contributed by atoms with van der Waals surface area (Å²) >= 11 is 0. The molecular weight excluding hydrogens is 278 g/mol. The van der Waals surface area contributed by atoms with Crippen molar-refractivity contribution in [2.75, 3.05) is 5.32 Å². The monoisotopic (exact) mass is 301 g/mol. The summed E-state index contributed by atoms with van der Waals surface area (Å²) in [7, 11) is 0. The lowest BCUT2D eigenvalue weighted by Crippen LogP contribution is -2.14. The van der Waals surface area contributed by atoms with Gasteiger partial charge in [0.1, 0.15) is 5.82 Å². The minimum absolute atomic E-state index is 0.0528. The Morgan fingerprint density at radius 2 is 2.09 bits per heavy atom. The van der Waals surface area contributed by atoms with Crippen molar-refractivity contribution in [1.29, 1.82) is 0 Å². The molecule has 0 aliphatic carbocycles. The van der Waals surface area contributed by atoms with Gasteiger partial charge >= 0.3 is 0 Å². The van der Waals surface area contributed by atoms with E-state index in [2.05, 4.69) is 34.3 Å². The van der Waals surface area contributed by atoms with Gasteiger partial charge in [-0.15, -0.1) is 0 Å². The summed E-state index contributed by atoms with van der Waals surface area (Å²) in [6.45, 7) is 4.56. The van der Waals surface area contributed by atoms with E-state index in [-0.39, 0.29) is 5.91 Å². The number of hydrogen-bond donors (Lipinski definition) is 3. The minimum Gasteiger partial charge on any atom is -0.326 e. The number of nitrogens with zero attached hydrogens (tertiary/aromatic N) is 2. The smallest absolute Gasteiger partial charge is 0.224 e. The van der Waals surface area contributed by atoms with E-state index < -0.39 is 0 Å². The molecule has 0 radical (unpaired) electrons. The van der Waals surface area contributed by atoms with Gasteiger partial charge in [0.05, 0.1) is 6.54 Å². The molecule has 4 N–H and O–H groups in total. The number of carbonyl (C=O) groups excluding carboxylic acids is 1. The van der Waals surface area contributed by atoms with E-state index in [9.17, 15) is 4.79 Å². The predicted octanol–water partition coefficient (Wildman–Crippen LogP) is 2.70. The number of amides is 1. The second-order valence-corrected chi connectivity index (χ2v) is 5.53. The summed E-state index contributed by atoms with van der Waals surface area (Å²) in [5.41, 5.74) is 7.17. The largest absolute Gasteiger partial charge is 0.326 e. The molecule has 0 fully saturated rings. The average molecular weight is 301 g/mol. The molecule has 1 unspecified atom stereocenters. The molecule has 0 spiro atoms. The predicted molar refractivity (Wildman–Crippen MR) is 87.0 cm³/mol. The molecule has 1 heterocycles. The number of nitrogens with one attached hydrogen (secondary N) is 2. The van der Waals surface area contributed by atoms with Crippen LogP contribution in [0.4, 0.5) is 5.69 Å². The maximum Gasteiger partial charge on any atom is 0.224 e. The van der Waals surface area contributed by atoms with Crippen molar-refractivity contribution in [2.45, 2.75) is 39.7 Å². The standard InChI is InChI=1S/C16H23N5O/c1-3-4-11(2)9-15(22)18-13-7-5-12(6-8-13)16-19-14(10-17)20-21-16/h5-8,11H,3-4,9-10,17H2,1-2H3,(H,18,22)(H,19,20,21). The molecule has 1 amide bonds. The van der Waals surface area contributed by atoms with Gasteiger partial charge in [-0.05, 0) is 30.2 Å². The van der Waals surface area contributed by atoms with E-state index in [0.29, 0.717) is 30.5 Å². The highest BCUT2D eigenvalue weighted by Crippen LogP contribution is 2.18. The minimum atomic E-state index is 0.0528. The number of rotatable bonds is 7. The zero-order chi connectivity index (χ0) is 15.9. The lowest BCUT2D eigenvalue weighted by molar-refractivity contribution is -0.117. The van der Waals surface area contributed by atoms with Crippen LogP contribution in [0.25, 0.3) is 11.4 Å². The number of aromatic amines is 1. The normalized spacial score (nSPS) is 12.1. The Bertz CT molecular complexity index is 605. The number of nitrogens with two attached hydrogens (primary N) is 1. The molecule has 118 valence electrons. The molecule has 0 saturated heterocycles. The van der Waals surface area contributed by atoms with Crippen LogP contribution in [0.15, 0.2) is 24.3 Å². The Morgan fingerprint density at radius 3 is 2.68 bits per heavy atom. The third-order valence-corrected chi connectivity index (χ3v) is 3.47. The van der Waals surface area contributed by atoms with Crippen LogP contribution < -0.4 is 11.1 Å². The maximum atomic E-state index is 11.9. The first kappa shape index (κ1) is 16.2. The quantitative estimate of drug-likeness (QED) is 0.732. The van der Waals surface area contributed by atoms with Gasteiger partial charge in [-0.2, -0.15) is 5.10 Å². The number of anilines is 1. The van der Waals surface area contributed by atoms with Gasteiger partial charge in [-0.25, -0.2) is 4.98 Å². The highest BCUT2D eigenvalue weighted by atomic mass is 16.1. The van der Waals surface area contributed by atoms with E-state index in [1.807, 2.05) is 24.3 Å². The molecule has 6 nitrogen and oxygen atoms in total. The first-order valence-corrected chi connectivity index (χ1v) is 7.64. The lowest BCUT2D eigenvalue weighted by atomic mass is 10.0. The second-order valence-electron chi connectivity index (χ2n) is 5.53. The summed E-state index contributed by atoms with van der Waals surface area (Å²) in [5, 5.41) is 9.80. The van der Waals surface area contributed by atoms with Crippen molar-refractivity contribution >= 4 is 11.6 Å². The number of H-pyrrole nitrogens is 1. The molecule has 0 aliphatic rings. The highest BCUT2D eigenvalue weighted by molar-refractivity contribution is 5.91. The van der Waals surface area contributed by atoms with Gasteiger partial charge in [0, 0.05) is 17.7 Å². The van der Waals surface area contributed by atoms with Crippen LogP contribution in [-0.4, -0.2) is 21.1 Å². The third-order valence-electron chi connectivity index (χ3n) is 3.47. The van der Waals surface area contributed by atoms with Gasteiger partial charge in [-0.1, -0.05) is 26.7 Å². The van der Waals surface area contributed by atoms with Crippen molar-refractivity contribution in [3.63, 3.8) is 0 Å². The van der Waals surface area contributed by atoms with Gasteiger partial charge in [0.25, 0.3) is 0 Å². The van der Waals surface area contributed by atoms with E-state index >= 15 is 0 Å². The summed E-state index contributed by atoms with van der Waals surface area (Å²) in [6, 6.07) is 7.48. The van der Waals surface area contributed by atoms with Crippen LogP contribution in [0.2, 0.25) is 0 Å². The van der Waals surface area contributed by atoms with Crippen LogP contribution in [-0.2, 0) is 11.3 Å². The summed E-state index contributed by atoms with van der Waals surface area (Å²) in [4.78, 5) is 16.2. The molecule has 1 aromatic heterocycles. The van der Waals surface area contributed by atoms with E-state index in [0.717, 1.165) is 24.1 Å². The summed E-state index contributed by atoms with van der Waals surface area (Å²) in [5.74, 6) is 1.72. The maximum absolute atomic E-state index is 11.9. The Labute approximate surface area is 130 Å². The Hall–Kier alpha value is -2.21. The van der Waals surface area contributed by atoms with Crippen molar-refractivity contribution in [3.8, 4) is 11.4 Å². The fourth-order valence-electron chi connectivity index (χ4n) is 2.34. The van der Waals surface area contributed by atoms with Crippen molar-refractivity contribution in [3.05, 3.63) is 30.1 Å². The molecule has 0 bridgehead atoms. The molecule has 6 heteroatoms. The number of hydrogen-bond acceptors (Lipinski definition) is 4. The number of carbonyl (C=O) groups is 1. The van der Waals surface area contributed by atoms with Crippen LogP contribution in [0.1, 0.15) is 38.9 Å². The molecule has 1 atom stereocenters. The molecule has 2 aromatic rings. The Balaban J connectivity index is 1.95. The van der Waals surface area contributed by atoms with Crippen LogP contribution in [0.5, 0.6) is 0 Å². The Morgan fingerprint density at radius 1 is 1.36 bits per heavy atom. The third kappa shape index (κ3) is 4.39. The van der Waals surface area contributed by atoms with Crippen LogP contribution in [0, 0.1) is 5.92 Å². The molecule has 1 aromatic carbocycles. The molecule has 22 heavy (non-hydrogen) atoms. The molecular formula is C16H23N5O. The topological polar surface area (TPSA) is 96.7 Å². The first-order chi connectivity index (χ1) is 10.6. The fraction of sp³-hybridized carbons (Fsp3) is 0.438. The van der Waals surface area contributed by atoms with Crippen LogP contribution >= 0.6 is 0 Å². The summed E-state index contributed by atoms with van der Waals surface area (Å²) in [6.07, 6.45) is 2.72. The highest BCUT2D eigenvalue weighted by Gasteiger charge is 2.09. The summed E-state index contributed by atoms with van der Waals surface area (Å²) < 4.78 is 0. The second kappa shape index (κ2) is 7.70. The van der Waals surface area contributed by atoms with Crippen molar-refractivity contribution in [2.24, 2.45) is 11.7 Å². The molecule has 0 saturated carbocycles.